The highest BCUT2D eigenvalue weighted by molar-refractivity contribution is 5.36. The second-order valence-corrected chi connectivity index (χ2v) is 4.61. The molecule has 0 spiro atoms. The zero-order valence-corrected chi connectivity index (χ0v) is 11.5. The van der Waals surface area contributed by atoms with Gasteiger partial charge in [0, 0.05) is 19.7 Å². The summed E-state index contributed by atoms with van der Waals surface area (Å²) in [5, 5.41) is 0. The van der Waals surface area contributed by atoms with Gasteiger partial charge in [0.1, 0.15) is 0 Å². The molecule has 7 heteroatoms. The van der Waals surface area contributed by atoms with Gasteiger partial charge in [-0.05, 0) is 19.8 Å². The van der Waals surface area contributed by atoms with Crippen molar-refractivity contribution in [2.45, 2.75) is 32.8 Å². The lowest BCUT2D eigenvalue weighted by Gasteiger charge is -2.22. The van der Waals surface area contributed by atoms with Crippen LogP contribution in [0.2, 0.25) is 0 Å². The third-order valence-corrected chi connectivity index (χ3v) is 2.79. The Hall–Kier alpha value is -1.63. The van der Waals surface area contributed by atoms with E-state index in [0.29, 0.717) is 18.6 Å². The van der Waals surface area contributed by atoms with E-state index in [1.54, 1.807) is 0 Å². The molecule has 1 aromatic heterocycles. The second-order valence-electron chi connectivity index (χ2n) is 4.61. The van der Waals surface area contributed by atoms with Crippen molar-refractivity contribution < 1.29 is 9.47 Å². The lowest BCUT2D eigenvalue weighted by Crippen LogP contribution is -2.32. The maximum Gasteiger partial charge on any atom is 0.323 e. The Morgan fingerprint density at radius 1 is 1.42 bits per heavy atom. The molecular formula is C12H21N5O2. The molecule has 1 atom stereocenters. The van der Waals surface area contributed by atoms with Crippen molar-refractivity contribution in [3.63, 3.8) is 0 Å². The molecule has 0 radical (unpaired) electrons. The lowest BCUT2D eigenvalue weighted by atomic mass is 10.3. The minimum Gasteiger partial charge on any atom is -0.463 e. The van der Waals surface area contributed by atoms with Gasteiger partial charge in [0.05, 0.1) is 12.7 Å². The highest BCUT2D eigenvalue weighted by Gasteiger charge is 2.19. The molecule has 0 bridgehead atoms. The van der Waals surface area contributed by atoms with Crippen LogP contribution in [0.3, 0.4) is 0 Å². The zero-order valence-electron chi connectivity index (χ0n) is 11.5. The van der Waals surface area contributed by atoms with Gasteiger partial charge in [0.2, 0.25) is 11.9 Å². The van der Waals surface area contributed by atoms with E-state index < -0.39 is 0 Å². The van der Waals surface area contributed by atoms with E-state index in [1.165, 1.54) is 0 Å². The average Bonchev–Trinajstić information content (AvgIpc) is 2.60. The lowest BCUT2D eigenvalue weighted by molar-refractivity contribution is 0.0820. The van der Waals surface area contributed by atoms with Crippen LogP contribution in [0.4, 0.5) is 11.9 Å². The topological polar surface area (TPSA) is 86.4 Å². The van der Waals surface area contributed by atoms with E-state index in [2.05, 4.69) is 19.9 Å². The molecule has 7 nitrogen and oxygen atoms in total. The number of anilines is 2. The quantitative estimate of drug-likeness (QED) is 0.865. The maximum atomic E-state index is 5.71. The number of aromatic nitrogens is 3. The first kappa shape index (κ1) is 13.8. The summed E-state index contributed by atoms with van der Waals surface area (Å²) in [5.74, 6) is 0.755. The SMILES string of the molecule is CCCOc1nc(N)nc(N2CCCOC(C)C2)n1. The summed E-state index contributed by atoms with van der Waals surface area (Å²) < 4.78 is 11.0. The molecular weight excluding hydrogens is 246 g/mol. The summed E-state index contributed by atoms with van der Waals surface area (Å²) in [5.41, 5.74) is 5.71. The second kappa shape index (κ2) is 6.51. The molecule has 2 N–H and O–H groups in total. The number of hydrogen-bond donors (Lipinski definition) is 1. The molecule has 0 aromatic carbocycles. The smallest absolute Gasteiger partial charge is 0.323 e. The van der Waals surface area contributed by atoms with Crippen LogP contribution in [0.1, 0.15) is 26.7 Å². The number of ether oxygens (including phenoxy) is 2. The number of nitrogens with zero attached hydrogens (tertiary/aromatic N) is 4. The van der Waals surface area contributed by atoms with Gasteiger partial charge in [-0.2, -0.15) is 15.0 Å². The largest absolute Gasteiger partial charge is 0.463 e. The first-order valence-corrected chi connectivity index (χ1v) is 6.70. The molecule has 0 amide bonds. The normalized spacial score (nSPS) is 20.1. The Morgan fingerprint density at radius 2 is 2.26 bits per heavy atom. The van der Waals surface area contributed by atoms with Gasteiger partial charge in [0.15, 0.2) is 0 Å². The van der Waals surface area contributed by atoms with Crippen LogP contribution in [0.5, 0.6) is 6.01 Å². The van der Waals surface area contributed by atoms with Gasteiger partial charge in [-0.1, -0.05) is 6.92 Å². The fraction of sp³-hybridized carbons (Fsp3) is 0.750. The van der Waals surface area contributed by atoms with Crippen LogP contribution in [-0.4, -0.2) is 47.4 Å². The zero-order chi connectivity index (χ0) is 13.7. The van der Waals surface area contributed by atoms with Crippen LogP contribution in [0.15, 0.2) is 0 Å². The Labute approximate surface area is 113 Å². The van der Waals surface area contributed by atoms with Gasteiger partial charge >= 0.3 is 6.01 Å². The highest BCUT2D eigenvalue weighted by Crippen LogP contribution is 2.16. The predicted octanol–water partition coefficient (Wildman–Crippen LogP) is 0.858. The summed E-state index contributed by atoms with van der Waals surface area (Å²) in [6.45, 7) is 6.99. The van der Waals surface area contributed by atoms with Gasteiger partial charge in [-0.25, -0.2) is 0 Å². The Bertz CT molecular complexity index is 415. The molecule has 19 heavy (non-hydrogen) atoms. The van der Waals surface area contributed by atoms with E-state index in [4.69, 9.17) is 15.2 Å². The number of rotatable bonds is 4. The van der Waals surface area contributed by atoms with Gasteiger partial charge in [-0.3, -0.25) is 0 Å². The Balaban J connectivity index is 2.15. The summed E-state index contributed by atoms with van der Waals surface area (Å²) >= 11 is 0. The van der Waals surface area contributed by atoms with Gasteiger partial charge in [0.25, 0.3) is 0 Å². The molecule has 1 saturated heterocycles. The predicted molar refractivity (Wildman–Crippen MR) is 72.3 cm³/mol. The van der Waals surface area contributed by atoms with Crippen LogP contribution >= 0.6 is 0 Å². The summed E-state index contributed by atoms with van der Waals surface area (Å²) in [6, 6.07) is 0.294. The van der Waals surface area contributed by atoms with E-state index in [9.17, 15) is 0 Å². The minimum absolute atomic E-state index is 0.153. The molecule has 1 aromatic rings. The molecule has 1 aliphatic rings. The molecule has 1 aliphatic heterocycles. The Kier molecular flexibility index (Phi) is 4.73. The number of nitrogens with two attached hydrogens (primary N) is 1. The van der Waals surface area contributed by atoms with E-state index >= 15 is 0 Å². The molecule has 1 unspecified atom stereocenters. The third-order valence-electron chi connectivity index (χ3n) is 2.79. The monoisotopic (exact) mass is 267 g/mol. The summed E-state index contributed by atoms with van der Waals surface area (Å²) in [6.07, 6.45) is 2.00. The first-order chi connectivity index (χ1) is 9.19. The van der Waals surface area contributed by atoms with Crippen molar-refractivity contribution in [2.75, 3.05) is 36.9 Å². The van der Waals surface area contributed by atoms with Crippen molar-refractivity contribution in [1.82, 2.24) is 15.0 Å². The molecule has 0 saturated carbocycles. The summed E-state index contributed by atoms with van der Waals surface area (Å²) in [7, 11) is 0. The van der Waals surface area contributed by atoms with Crippen molar-refractivity contribution in [3.8, 4) is 6.01 Å². The first-order valence-electron chi connectivity index (χ1n) is 6.70. The van der Waals surface area contributed by atoms with E-state index in [1.807, 2.05) is 13.8 Å². The molecule has 2 rings (SSSR count). The fourth-order valence-electron chi connectivity index (χ4n) is 1.94. The number of hydrogen-bond acceptors (Lipinski definition) is 7. The maximum absolute atomic E-state index is 5.71. The van der Waals surface area contributed by atoms with Crippen LogP contribution in [-0.2, 0) is 4.74 Å². The van der Waals surface area contributed by atoms with Crippen molar-refractivity contribution in [3.05, 3.63) is 0 Å². The van der Waals surface area contributed by atoms with Crippen molar-refractivity contribution >= 4 is 11.9 Å². The summed E-state index contributed by atoms with van der Waals surface area (Å²) in [4.78, 5) is 14.6. The third kappa shape index (κ3) is 3.92. The van der Waals surface area contributed by atoms with Gasteiger partial charge < -0.3 is 20.1 Å². The highest BCUT2D eigenvalue weighted by atomic mass is 16.5. The van der Waals surface area contributed by atoms with Crippen molar-refractivity contribution in [2.24, 2.45) is 0 Å². The number of nitrogen functional groups attached to an aromatic ring is 1. The van der Waals surface area contributed by atoms with Crippen molar-refractivity contribution in [1.29, 1.82) is 0 Å². The molecule has 1 fully saturated rings. The molecule has 0 aliphatic carbocycles. The van der Waals surface area contributed by atoms with Crippen LogP contribution in [0, 0.1) is 0 Å². The minimum atomic E-state index is 0.153. The van der Waals surface area contributed by atoms with Gasteiger partial charge in [-0.15, -0.1) is 0 Å². The van der Waals surface area contributed by atoms with E-state index in [0.717, 1.165) is 32.5 Å². The van der Waals surface area contributed by atoms with E-state index in [-0.39, 0.29) is 12.1 Å². The molecule has 106 valence electrons. The Morgan fingerprint density at radius 3 is 3.05 bits per heavy atom. The fourth-order valence-corrected chi connectivity index (χ4v) is 1.94. The van der Waals surface area contributed by atoms with Crippen LogP contribution in [0.25, 0.3) is 0 Å². The average molecular weight is 267 g/mol. The molecule has 2 heterocycles. The van der Waals surface area contributed by atoms with Crippen LogP contribution < -0.4 is 15.4 Å². The standard InChI is InChI=1S/C12H21N5O2/c1-3-6-19-12-15-10(13)14-11(16-12)17-5-4-7-18-9(2)8-17/h9H,3-8H2,1-2H3,(H2,13,14,15,16).